The minimum absolute atomic E-state index is 0.718. The normalized spacial score (nSPS) is 31.0. The van der Waals surface area contributed by atoms with Gasteiger partial charge in [-0.2, -0.15) is 11.8 Å². The second kappa shape index (κ2) is 3.87. The van der Waals surface area contributed by atoms with Gasteiger partial charge in [0, 0.05) is 5.25 Å². The van der Waals surface area contributed by atoms with Crippen LogP contribution in [0.4, 0.5) is 0 Å². The third kappa shape index (κ3) is 1.91. The van der Waals surface area contributed by atoms with Gasteiger partial charge in [0.05, 0.1) is 0 Å². The first-order valence-electron chi connectivity index (χ1n) is 3.81. The molecule has 56 valence electrons. The molecular weight excluding hydrogens is 140 g/mol. The minimum Gasteiger partial charge on any atom is -0.154 e. The zero-order valence-electron chi connectivity index (χ0n) is 6.58. The van der Waals surface area contributed by atoms with E-state index in [1.165, 1.54) is 5.75 Å². The molecule has 1 rings (SSSR count). The highest BCUT2D eigenvalue weighted by atomic mass is 32.2. The van der Waals surface area contributed by atoms with E-state index in [1.54, 1.807) is 0 Å². The van der Waals surface area contributed by atoms with Crippen molar-refractivity contribution in [2.45, 2.75) is 19.1 Å². The van der Waals surface area contributed by atoms with Gasteiger partial charge in [0.1, 0.15) is 0 Å². The van der Waals surface area contributed by atoms with Crippen LogP contribution in [0, 0.1) is 5.92 Å². The molecule has 0 aliphatic heterocycles. The highest BCUT2D eigenvalue weighted by Crippen LogP contribution is 2.24. The maximum atomic E-state index is 2.29. The Kier molecular flexibility index (Phi) is 3.07. The van der Waals surface area contributed by atoms with E-state index in [1.807, 2.05) is 11.8 Å². The molecule has 1 aliphatic carbocycles. The standard InChI is InChI=1S/C9H14S/c1-3-10-9-7-5-4-6-8(9)2/h4-9H,3H2,1-2H3. The van der Waals surface area contributed by atoms with Crippen LogP contribution in [0.2, 0.25) is 0 Å². The average Bonchev–Trinajstić information content (AvgIpc) is 1.94. The molecule has 0 radical (unpaired) electrons. The molecule has 0 saturated heterocycles. The van der Waals surface area contributed by atoms with Crippen LogP contribution in [0.1, 0.15) is 13.8 Å². The summed E-state index contributed by atoms with van der Waals surface area (Å²) in [6, 6.07) is 0. The monoisotopic (exact) mass is 154 g/mol. The van der Waals surface area contributed by atoms with Crippen molar-refractivity contribution in [1.82, 2.24) is 0 Å². The fourth-order valence-corrected chi connectivity index (χ4v) is 2.08. The highest BCUT2D eigenvalue weighted by molar-refractivity contribution is 8.00. The topological polar surface area (TPSA) is 0 Å². The Morgan fingerprint density at radius 3 is 2.60 bits per heavy atom. The Morgan fingerprint density at radius 2 is 2.00 bits per heavy atom. The third-order valence-electron chi connectivity index (χ3n) is 1.70. The van der Waals surface area contributed by atoms with Crippen molar-refractivity contribution in [3.63, 3.8) is 0 Å². The van der Waals surface area contributed by atoms with Gasteiger partial charge in [-0.25, -0.2) is 0 Å². The molecule has 1 aliphatic rings. The van der Waals surface area contributed by atoms with Gasteiger partial charge in [0.25, 0.3) is 0 Å². The maximum Gasteiger partial charge on any atom is 0.0290 e. The SMILES string of the molecule is CCSC1C=CC=CC1C. The Balaban J connectivity index is 2.44. The molecule has 0 bridgehead atoms. The number of hydrogen-bond donors (Lipinski definition) is 0. The molecule has 0 fully saturated rings. The maximum absolute atomic E-state index is 2.29. The summed E-state index contributed by atoms with van der Waals surface area (Å²) in [5, 5.41) is 0.718. The fourth-order valence-electron chi connectivity index (χ4n) is 1.10. The van der Waals surface area contributed by atoms with E-state index in [2.05, 4.69) is 38.2 Å². The molecule has 0 aromatic carbocycles. The van der Waals surface area contributed by atoms with Crippen LogP contribution in [-0.2, 0) is 0 Å². The molecule has 0 spiro atoms. The first-order valence-corrected chi connectivity index (χ1v) is 4.86. The molecule has 0 nitrogen and oxygen atoms in total. The van der Waals surface area contributed by atoms with E-state index in [4.69, 9.17) is 0 Å². The van der Waals surface area contributed by atoms with Gasteiger partial charge in [0.15, 0.2) is 0 Å². The Labute approximate surface area is 67.4 Å². The molecule has 0 aromatic rings. The van der Waals surface area contributed by atoms with Crippen molar-refractivity contribution in [3.05, 3.63) is 24.3 Å². The van der Waals surface area contributed by atoms with Crippen LogP contribution in [0.25, 0.3) is 0 Å². The van der Waals surface area contributed by atoms with E-state index >= 15 is 0 Å². The Morgan fingerprint density at radius 1 is 1.30 bits per heavy atom. The van der Waals surface area contributed by atoms with Gasteiger partial charge in [-0.05, 0) is 11.7 Å². The van der Waals surface area contributed by atoms with E-state index in [9.17, 15) is 0 Å². The molecule has 1 heteroatoms. The van der Waals surface area contributed by atoms with E-state index in [0.29, 0.717) is 0 Å². The summed E-state index contributed by atoms with van der Waals surface area (Å²) in [6.45, 7) is 4.48. The molecule has 0 heterocycles. The summed E-state index contributed by atoms with van der Waals surface area (Å²) in [4.78, 5) is 0. The van der Waals surface area contributed by atoms with Crippen molar-refractivity contribution in [3.8, 4) is 0 Å². The van der Waals surface area contributed by atoms with Gasteiger partial charge >= 0.3 is 0 Å². The lowest BCUT2D eigenvalue weighted by Gasteiger charge is -2.18. The molecule has 0 N–H and O–H groups in total. The largest absolute Gasteiger partial charge is 0.154 e. The van der Waals surface area contributed by atoms with Crippen LogP contribution in [0.3, 0.4) is 0 Å². The van der Waals surface area contributed by atoms with Crippen molar-refractivity contribution in [1.29, 1.82) is 0 Å². The molecule has 0 amide bonds. The smallest absolute Gasteiger partial charge is 0.0290 e. The quantitative estimate of drug-likeness (QED) is 0.589. The molecular formula is C9H14S. The molecule has 0 saturated carbocycles. The van der Waals surface area contributed by atoms with Crippen molar-refractivity contribution >= 4 is 11.8 Å². The first-order chi connectivity index (χ1) is 4.84. The van der Waals surface area contributed by atoms with E-state index in [0.717, 1.165) is 11.2 Å². The van der Waals surface area contributed by atoms with E-state index < -0.39 is 0 Å². The second-order valence-corrected chi connectivity index (χ2v) is 4.00. The van der Waals surface area contributed by atoms with Crippen LogP contribution < -0.4 is 0 Å². The Hall–Kier alpha value is -0.170. The van der Waals surface area contributed by atoms with Gasteiger partial charge in [-0.15, -0.1) is 0 Å². The molecule has 0 aromatic heterocycles. The number of hydrogen-bond acceptors (Lipinski definition) is 1. The summed E-state index contributed by atoms with van der Waals surface area (Å²) in [7, 11) is 0. The van der Waals surface area contributed by atoms with Crippen molar-refractivity contribution in [2.75, 3.05) is 5.75 Å². The Bertz CT molecular complexity index is 147. The minimum atomic E-state index is 0.718. The van der Waals surface area contributed by atoms with Gasteiger partial charge in [-0.3, -0.25) is 0 Å². The summed E-state index contributed by atoms with van der Waals surface area (Å²) >= 11 is 2.02. The lowest BCUT2D eigenvalue weighted by Crippen LogP contribution is -2.11. The van der Waals surface area contributed by atoms with E-state index in [-0.39, 0.29) is 0 Å². The average molecular weight is 154 g/mol. The predicted molar refractivity (Wildman–Crippen MR) is 49.4 cm³/mol. The van der Waals surface area contributed by atoms with Crippen LogP contribution in [0.5, 0.6) is 0 Å². The van der Waals surface area contributed by atoms with Gasteiger partial charge < -0.3 is 0 Å². The predicted octanol–water partition coefficient (Wildman–Crippen LogP) is 2.87. The van der Waals surface area contributed by atoms with Gasteiger partial charge in [0.2, 0.25) is 0 Å². The van der Waals surface area contributed by atoms with Gasteiger partial charge in [-0.1, -0.05) is 38.2 Å². The number of allylic oxidation sites excluding steroid dienone is 3. The summed E-state index contributed by atoms with van der Waals surface area (Å²) in [5.41, 5.74) is 0. The van der Waals surface area contributed by atoms with Crippen LogP contribution in [-0.4, -0.2) is 11.0 Å². The zero-order valence-corrected chi connectivity index (χ0v) is 7.40. The number of rotatable bonds is 2. The highest BCUT2D eigenvalue weighted by Gasteiger charge is 2.12. The molecule has 10 heavy (non-hydrogen) atoms. The van der Waals surface area contributed by atoms with Crippen LogP contribution >= 0.6 is 11.8 Å². The van der Waals surface area contributed by atoms with Crippen LogP contribution in [0.15, 0.2) is 24.3 Å². The third-order valence-corrected chi connectivity index (χ3v) is 3.01. The lowest BCUT2D eigenvalue weighted by molar-refractivity contribution is 0.753. The number of thioether (sulfide) groups is 1. The van der Waals surface area contributed by atoms with Crippen molar-refractivity contribution < 1.29 is 0 Å². The second-order valence-electron chi connectivity index (χ2n) is 2.55. The molecule has 2 atom stereocenters. The summed E-state index contributed by atoms with van der Waals surface area (Å²) in [6.07, 6.45) is 8.84. The summed E-state index contributed by atoms with van der Waals surface area (Å²) in [5.74, 6) is 1.93. The first kappa shape index (κ1) is 7.93. The fraction of sp³-hybridized carbons (Fsp3) is 0.556. The molecule has 2 unspecified atom stereocenters. The zero-order chi connectivity index (χ0) is 7.40. The summed E-state index contributed by atoms with van der Waals surface area (Å²) < 4.78 is 0. The van der Waals surface area contributed by atoms with Crippen molar-refractivity contribution in [2.24, 2.45) is 5.92 Å². The lowest BCUT2D eigenvalue weighted by atomic mass is 10.0.